The first kappa shape index (κ1) is 34.8. The Hall–Kier alpha value is -7.43. The molecule has 11 rings (SSSR count). The Morgan fingerprint density at radius 2 is 1.05 bits per heavy atom. The number of aliphatic imine (C=N–C) groups is 1. The van der Waals surface area contributed by atoms with E-state index in [1.807, 2.05) is 54.6 Å². The molecule has 0 fully saturated rings. The van der Waals surface area contributed by atoms with E-state index in [2.05, 4.69) is 141 Å². The molecule has 1 aliphatic carbocycles. The zero-order chi connectivity index (χ0) is 39.7. The lowest BCUT2D eigenvalue weighted by molar-refractivity contribution is 0.659. The van der Waals surface area contributed by atoms with Crippen molar-refractivity contribution in [3.8, 4) is 33.4 Å². The van der Waals surface area contributed by atoms with Crippen LogP contribution >= 0.6 is 0 Å². The third-order valence-electron chi connectivity index (χ3n) is 12.1. The predicted octanol–water partition coefficient (Wildman–Crippen LogP) is 14.1. The normalized spacial score (nSPS) is 13.7. The predicted molar refractivity (Wildman–Crippen MR) is 245 cm³/mol. The Kier molecular flexibility index (Phi) is 8.02. The summed E-state index contributed by atoms with van der Waals surface area (Å²) in [6.07, 6.45) is 2.91. The number of amidine groups is 1. The molecule has 0 radical (unpaired) electrons. The van der Waals surface area contributed by atoms with Crippen molar-refractivity contribution in [1.82, 2.24) is 0 Å². The van der Waals surface area contributed by atoms with Crippen LogP contribution < -0.4 is 5.73 Å². The van der Waals surface area contributed by atoms with Crippen LogP contribution in [0.15, 0.2) is 196 Å². The minimum absolute atomic E-state index is 0.0869. The number of nitrogens with two attached hydrogens (primary N) is 1. The van der Waals surface area contributed by atoms with Crippen LogP contribution in [0.3, 0.4) is 0 Å². The van der Waals surface area contributed by atoms with Gasteiger partial charge in [0.05, 0.1) is 5.70 Å². The highest BCUT2D eigenvalue weighted by Gasteiger charge is 2.35. The number of fused-ring (bicyclic) bond motifs is 9. The fraction of sp³-hybridized carbons (Fsp3) is 0.0727. The van der Waals surface area contributed by atoms with E-state index in [0.29, 0.717) is 12.3 Å². The van der Waals surface area contributed by atoms with Crippen molar-refractivity contribution in [2.45, 2.75) is 25.7 Å². The Morgan fingerprint density at radius 1 is 0.492 bits per heavy atom. The van der Waals surface area contributed by atoms with Gasteiger partial charge in [0.2, 0.25) is 0 Å². The fourth-order valence-corrected chi connectivity index (χ4v) is 9.04. The molecule has 10 aromatic rings. The van der Waals surface area contributed by atoms with Gasteiger partial charge in [0.1, 0.15) is 28.2 Å². The van der Waals surface area contributed by atoms with E-state index < -0.39 is 0 Å². The van der Waals surface area contributed by atoms with E-state index in [1.165, 1.54) is 27.8 Å². The van der Waals surface area contributed by atoms with Crippen LogP contribution in [0.2, 0.25) is 0 Å². The van der Waals surface area contributed by atoms with E-state index in [4.69, 9.17) is 19.6 Å². The number of rotatable bonds is 7. The lowest BCUT2D eigenvalue weighted by Crippen LogP contribution is -2.15. The van der Waals surface area contributed by atoms with Gasteiger partial charge in [0.15, 0.2) is 0 Å². The van der Waals surface area contributed by atoms with Crippen LogP contribution in [0.5, 0.6) is 0 Å². The Balaban J connectivity index is 1.09. The van der Waals surface area contributed by atoms with Crippen LogP contribution in [-0.4, -0.2) is 5.84 Å². The zero-order valence-corrected chi connectivity index (χ0v) is 32.9. The van der Waals surface area contributed by atoms with Gasteiger partial charge in [-0.15, -0.1) is 0 Å². The van der Waals surface area contributed by atoms with Crippen molar-refractivity contribution in [2.75, 3.05) is 0 Å². The first-order valence-corrected chi connectivity index (χ1v) is 20.2. The molecule has 0 atom stereocenters. The number of hydrogen-bond acceptors (Lipinski definition) is 3. The molecule has 59 heavy (non-hydrogen) atoms. The number of nitrogens with zero attached hydrogens (tertiary/aromatic N) is 1. The summed E-state index contributed by atoms with van der Waals surface area (Å²) in [6, 6.07) is 61.9. The van der Waals surface area contributed by atoms with Gasteiger partial charge in [-0.2, -0.15) is 0 Å². The summed E-state index contributed by atoms with van der Waals surface area (Å²) in [6.45, 7) is 4.65. The molecule has 4 heteroatoms. The summed E-state index contributed by atoms with van der Waals surface area (Å²) in [5, 5.41) is 4.36. The second-order valence-electron chi connectivity index (χ2n) is 16.1. The zero-order valence-electron chi connectivity index (χ0n) is 32.9. The molecular formula is C55H40N2O2. The minimum atomic E-state index is -0.0869. The quantitative estimate of drug-likeness (QED) is 0.130. The summed E-state index contributed by atoms with van der Waals surface area (Å²) in [5.74, 6) is 0.465. The van der Waals surface area contributed by atoms with Gasteiger partial charge in [0, 0.05) is 38.1 Å². The van der Waals surface area contributed by atoms with Crippen molar-refractivity contribution in [1.29, 1.82) is 0 Å². The second kappa shape index (κ2) is 13.6. The number of para-hydroxylation sites is 2. The molecule has 2 aromatic heterocycles. The number of hydrogen-bond donors (Lipinski definition) is 1. The smallest absolute Gasteiger partial charge is 0.135 e. The Labute approximate surface area is 342 Å². The van der Waals surface area contributed by atoms with E-state index in [1.54, 1.807) is 0 Å². The van der Waals surface area contributed by atoms with Crippen molar-refractivity contribution in [3.05, 3.63) is 210 Å². The molecule has 8 aromatic carbocycles. The summed E-state index contributed by atoms with van der Waals surface area (Å²) in [4.78, 5) is 5.23. The van der Waals surface area contributed by atoms with Gasteiger partial charge in [-0.3, -0.25) is 0 Å². The van der Waals surface area contributed by atoms with Crippen molar-refractivity contribution < 1.29 is 8.83 Å². The molecular weight excluding hydrogens is 721 g/mol. The molecule has 4 nitrogen and oxygen atoms in total. The molecule has 2 heterocycles. The first-order valence-electron chi connectivity index (χ1n) is 20.2. The standard InChI is InChI=1S/C55H40N2O2/c1-55(2)47-17-9-6-14-41(47)42-24-20-34(28-48(42)55)21-25-49(57-54(56)35-12-4-3-5-13-35)40-30-38(36-22-26-52-45(32-36)43-15-7-10-18-50(43)58-52)29-39(31-40)37-23-27-53-46(33-37)44-16-8-11-19-51(44)59-53/h3-20,22-33H,21H2,1-2H3,(H2,56,57)/b49-25-. The average molecular weight is 761 g/mol. The average Bonchev–Trinajstić information content (AvgIpc) is 3.92. The molecule has 0 amide bonds. The largest absolute Gasteiger partial charge is 0.456 e. The monoisotopic (exact) mass is 760 g/mol. The van der Waals surface area contributed by atoms with E-state index in [0.717, 1.165) is 83.0 Å². The number of furan rings is 2. The minimum Gasteiger partial charge on any atom is -0.456 e. The molecule has 0 spiro atoms. The summed E-state index contributed by atoms with van der Waals surface area (Å²) in [5.41, 5.74) is 23.8. The Bertz CT molecular complexity index is 3210. The molecule has 1 aliphatic rings. The topological polar surface area (TPSA) is 64.7 Å². The number of allylic oxidation sites excluding steroid dienone is 1. The maximum Gasteiger partial charge on any atom is 0.135 e. The third-order valence-corrected chi connectivity index (χ3v) is 12.1. The lowest BCUT2D eigenvalue weighted by Gasteiger charge is -2.21. The molecule has 2 N–H and O–H groups in total. The van der Waals surface area contributed by atoms with Gasteiger partial charge in [-0.25, -0.2) is 4.99 Å². The molecule has 0 aliphatic heterocycles. The van der Waals surface area contributed by atoms with E-state index >= 15 is 0 Å². The maximum absolute atomic E-state index is 6.85. The highest BCUT2D eigenvalue weighted by molar-refractivity contribution is 6.08. The summed E-state index contributed by atoms with van der Waals surface area (Å²) in [7, 11) is 0. The Morgan fingerprint density at radius 3 is 1.71 bits per heavy atom. The van der Waals surface area contributed by atoms with Crippen LogP contribution in [0.25, 0.3) is 83.0 Å². The van der Waals surface area contributed by atoms with Crippen LogP contribution in [0, 0.1) is 0 Å². The van der Waals surface area contributed by atoms with Gasteiger partial charge in [-0.05, 0) is 111 Å². The number of benzene rings is 8. The highest BCUT2D eigenvalue weighted by Crippen LogP contribution is 2.49. The van der Waals surface area contributed by atoms with Gasteiger partial charge >= 0.3 is 0 Å². The third kappa shape index (κ3) is 5.95. The maximum atomic E-state index is 6.85. The SMILES string of the molecule is CC1(C)c2ccccc2-c2ccc(C/C=C(\N=C(N)c3ccccc3)c3cc(-c4ccc5oc6ccccc6c5c4)cc(-c4ccc5oc6ccccc6c5c4)c3)cc21. The van der Waals surface area contributed by atoms with Gasteiger partial charge in [0.25, 0.3) is 0 Å². The molecule has 0 unspecified atom stereocenters. The highest BCUT2D eigenvalue weighted by atomic mass is 16.3. The molecule has 0 saturated heterocycles. The first-order chi connectivity index (χ1) is 28.9. The van der Waals surface area contributed by atoms with Gasteiger partial charge in [-0.1, -0.05) is 141 Å². The lowest BCUT2D eigenvalue weighted by atomic mass is 9.82. The van der Waals surface area contributed by atoms with Crippen LogP contribution in [0.1, 0.15) is 41.7 Å². The van der Waals surface area contributed by atoms with Crippen molar-refractivity contribution >= 4 is 55.4 Å². The molecule has 0 saturated carbocycles. The van der Waals surface area contributed by atoms with Crippen molar-refractivity contribution in [2.24, 2.45) is 10.7 Å². The second-order valence-corrected chi connectivity index (χ2v) is 16.1. The van der Waals surface area contributed by atoms with Crippen molar-refractivity contribution in [3.63, 3.8) is 0 Å². The summed E-state index contributed by atoms with van der Waals surface area (Å²) < 4.78 is 12.5. The molecule has 0 bridgehead atoms. The van der Waals surface area contributed by atoms with Crippen LogP contribution in [0.4, 0.5) is 0 Å². The van der Waals surface area contributed by atoms with E-state index in [9.17, 15) is 0 Å². The van der Waals surface area contributed by atoms with Crippen LogP contribution in [-0.2, 0) is 11.8 Å². The van der Waals surface area contributed by atoms with E-state index in [-0.39, 0.29) is 5.41 Å². The molecule has 282 valence electrons. The van der Waals surface area contributed by atoms with Gasteiger partial charge < -0.3 is 14.6 Å². The summed E-state index contributed by atoms with van der Waals surface area (Å²) >= 11 is 0. The fourth-order valence-electron chi connectivity index (χ4n) is 9.04.